The van der Waals surface area contributed by atoms with Crippen molar-refractivity contribution >= 4 is 17.5 Å². The highest BCUT2D eigenvalue weighted by Gasteiger charge is 2.34. The van der Waals surface area contributed by atoms with Crippen LogP contribution in [0.4, 0.5) is 11.6 Å². The smallest absolute Gasteiger partial charge is 0.255 e. The van der Waals surface area contributed by atoms with E-state index in [0.29, 0.717) is 59.1 Å². The monoisotopic (exact) mass is 555 g/mol. The summed E-state index contributed by atoms with van der Waals surface area (Å²) in [5.41, 5.74) is 4.65. The van der Waals surface area contributed by atoms with Crippen molar-refractivity contribution in [2.75, 3.05) is 31.5 Å². The van der Waals surface area contributed by atoms with Crippen LogP contribution in [0, 0.1) is 6.92 Å². The minimum Gasteiger partial charge on any atom is -0.497 e. The Morgan fingerprint density at radius 1 is 0.976 bits per heavy atom. The number of nitrogens with one attached hydrogen (secondary N) is 2. The summed E-state index contributed by atoms with van der Waals surface area (Å²) in [5, 5.41) is 10.6. The number of nitrogens with zero attached hydrogens (tertiary/aromatic N) is 3. The quantitative estimate of drug-likeness (QED) is 0.264. The zero-order valence-corrected chi connectivity index (χ0v) is 23.7. The number of methoxy groups -OCH3 is 2. The van der Waals surface area contributed by atoms with Gasteiger partial charge in [0, 0.05) is 11.8 Å². The van der Waals surface area contributed by atoms with Crippen LogP contribution in [-0.2, 0) is 11.4 Å². The van der Waals surface area contributed by atoms with Gasteiger partial charge in [-0.2, -0.15) is 10.1 Å². The Kier molecular flexibility index (Phi) is 8.09. The molecule has 0 radical (unpaired) electrons. The number of benzene rings is 3. The predicted octanol–water partition coefficient (Wildman–Crippen LogP) is 5.51. The van der Waals surface area contributed by atoms with Gasteiger partial charge in [0.25, 0.3) is 5.91 Å². The van der Waals surface area contributed by atoms with Crippen molar-refractivity contribution in [3.63, 3.8) is 0 Å². The number of rotatable bonds is 10. The molecule has 4 aromatic rings. The van der Waals surface area contributed by atoms with Gasteiger partial charge in [0.2, 0.25) is 5.95 Å². The van der Waals surface area contributed by atoms with Crippen LogP contribution in [-0.4, -0.2) is 41.5 Å². The van der Waals surface area contributed by atoms with Gasteiger partial charge in [0.05, 0.1) is 32.1 Å². The Hall–Kier alpha value is -4.99. The fraction of sp³-hybridized carbons (Fsp3) is 0.258. The van der Waals surface area contributed by atoms with Crippen molar-refractivity contribution in [1.82, 2.24) is 14.8 Å². The van der Waals surface area contributed by atoms with Crippen molar-refractivity contribution in [2.45, 2.75) is 33.4 Å². The molecule has 10 heteroatoms. The lowest BCUT2D eigenvalue weighted by molar-refractivity contribution is -0.113. The number of aryl methyl sites for hydroxylation is 1. The minimum atomic E-state index is -0.581. The number of amides is 1. The number of allylic oxidation sites excluding steroid dienone is 1. The maximum Gasteiger partial charge on any atom is 0.255 e. The van der Waals surface area contributed by atoms with Crippen LogP contribution in [0.1, 0.15) is 36.6 Å². The van der Waals surface area contributed by atoms with Gasteiger partial charge in [-0.05, 0) is 56.2 Å². The van der Waals surface area contributed by atoms with Crippen LogP contribution in [0.2, 0.25) is 0 Å². The average Bonchev–Trinajstić information content (AvgIpc) is 3.44. The van der Waals surface area contributed by atoms with Crippen molar-refractivity contribution in [2.24, 2.45) is 0 Å². The van der Waals surface area contributed by atoms with Crippen molar-refractivity contribution in [1.29, 1.82) is 0 Å². The molecule has 0 fully saturated rings. The molecule has 1 amide bonds. The summed E-state index contributed by atoms with van der Waals surface area (Å²) in [5.74, 6) is 2.50. The molecule has 1 unspecified atom stereocenters. The Bertz CT molecular complexity index is 1600. The topological polar surface area (TPSA) is 109 Å². The Morgan fingerprint density at radius 2 is 1.83 bits per heavy atom. The minimum absolute atomic E-state index is 0.317. The van der Waals surface area contributed by atoms with E-state index in [1.54, 1.807) is 37.1 Å². The zero-order chi connectivity index (χ0) is 28.9. The van der Waals surface area contributed by atoms with Crippen LogP contribution in [0.3, 0.4) is 0 Å². The van der Waals surface area contributed by atoms with Gasteiger partial charge in [-0.25, -0.2) is 4.68 Å². The number of ether oxygens (including phenoxy) is 4. The van der Waals surface area contributed by atoms with Crippen LogP contribution < -0.4 is 29.6 Å². The highest BCUT2D eigenvalue weighted by atomic mass is 16.5. The molecule has 2 N–H and O–H groups in total. The molecule has 1 aliphatic heterocycles. The van der Waals surface area contributed by atoms with Crippen molar-refractivity contribution in [3.8, 4) is 23.0 Å². The largest absolute Gasteiger partial charge is 0.497 e. The number of fused-ring (bicyclic) bond motifs is 1. The number of aromatic nitrogens is 3. The number of hydrogen-bond donors (Lipinski definition) is 2. The maximum absolute atomic E-state index is 13.9. The van der Waals surface area contributed by atoms with E-state index in [2.05, 4.69) is 39.8 Å². The lowest BCUT2D eigenvalue weighted by atomic mass is 9.94. The van der Waals surface area contributed by atoms with Gasteiger partial charge >= 0.3 is 0 Å². The average molecular weight is 556 g/mol. The highest BCUT2D eigenvalue weighted by Crippen LogP contribution is 2.40. The van der Waals surface area contributed by atoms with E-state index < -0.39 is 6.04 Å². The molecule has 0 aliphatic carbocycles. The Morgan fingerprint density at radius 3 is 2.59 bits per heavy atom. The number of carbonyl (C=O) groups excluding carboxylic acids is 1. The molecule has 1 atom stereocenters. The van der Waals surface area contributed by atoms with E-state index >= 15 is 0 Å². The van der Waals surface area contributed by atoms with Crippen LogP contribution >= 0.6 is 0 Å². The lowest BCUT2D eigenvalue weighted by Gasteiger charge is -2.29. The summed E-state index contributed by atoms with van der Waals surface area (Å²) in [4.78, 5) is 18.2. The second-order valence-electron chi connectivity index (χ2n) is 9.53. The first-order chi connectivity index (χ1) is 19.9. The second kappa shape index (κ2) is 12.0. The molecular formula is C31H33N5O5. The number of carbonyl (C=O) groups is 1. The van der Waals surface area contributed by atoms with Crippen LogP contribution in [0.25, 0.3) is 0 Å². The predicted molar refractivity (Wildman–Crippen MR) is 156 cm³/mol. The van der Waals surface area contributed by atoms with Gasteiger partial charge < -0.3 is 29.6 Å². The molecule has 1 aromatic heterocycles. The third-order valence-corrected chi connectivity index (χ3v) is 6.76. The van der Waals surface area contributed by atoms with Crippen molar-refractivity contribution < 1.29 is 23.7 Å². The number of hydrogen-bond acceptors (Lipinski definition) is 8. The van der Waals surface area contributed by atoms with E-state index in [0.717, 1.165) is 11.1 Å². The Balaban J connectivity index is 1.49. The van der Waals surface area contributed by atoms with Gasteiger partial charge in [-0.1, -0.05) is 35.9 Å². The number of anilines is 2. The van der Waals surface area contributed by atoms with Crippen LogP contribution in [0.15, 0.2) is 78.3 Å². The van der Waals surface area contributed by atoms with Gasteiger partial charge in [0.15, 0.2) is 11.5 Å². The van der Waals surface area contributed by atoms with Crippen LogP contribution in [0.5, 0.6) is 23.0 Å². The summed E-state index contributed by atoms with van der Waals surface area (Å²) in [7, 11) is 3.12. The summed E-state index contributed by atoms with van der Waals surface area (Å²) < 4.78 is 24.6. The summed E-state index contributed by atoms with van der Waals surface area (Å²) >= 11 is 0. The highest BCUT2D eigenvalue weighted by molar-refractivity contribution is 6.06. The SMILES string of the molecule is CCOc1cc(C2C(C(=O)Nc3ccc(OC)cc3OC)=C(C)Nc3ncnn32)ccc1OCc1cccc(C)c1. The van der Waals surface area contributed by atoms with E-state index in [1.807, 2.05) is 44.2 Å². The third-order valence-electron chi connectivity index (χ3n) is 6.76. The van der Waals surface area contributed by atoms with Gasteiger partial charge in [-0.3, -0.25) is 4.79 Å². The second-order valence-corrected chi connectivity index (χ2v) is 9.53. The van der Waals surface area contributed by atoms with E-state index in [4.69, 9.17) is 18.9 Å². The van der Waals surface area contributed by atoms with E-state index in [9.17, 15) is 4.79 Å². The summed E-state index contributed by atoms with van der Waals surface area (Å²) in [6.07, 6.45) is 1.46. The standard InChI is InChI=1S/C31H33N5O5/c1-6-40-27-15-22(10-13-25(27)41-17-21-9-7-8-19(2)14-21)29-28(20(3)34-31-32-18-33-36(29)31)30(37)35-24-12-11-23(38-4)16-26(24)39-5/h7-16,18,29H,6,17H2,1-5H3,(H,35,37)(H,32,33,34). The molecule has 0 saturated carbocycles. The molecule has 0 spiro atoms. The third kappa shape index (κ3) is 5.81. The molecular weight excluding hydrogens is 522 g/mol. The summed E-state index contributed by atoms with van der Waals surface area (Å²) in [6, 6.07) is 18.5. The molecule has 3 aromatic carbocycles. The van der Waals surface area contributed by atoms with Crippen molar-refractivity contribution in [3.05, 3.63) is 95.0 Å². The maximum atomic E-state index is 13.9. The fourth-order valence-corrected chi connectivity index (χ4v) is 4.83. The lowest BCUT2D eigenvalue weighted by Crippen LogP contribution is -2.31. The van der Waals surface area contributed by atoms with Gasteiger partial charge in [0.1, 0.15) is 30.5 Å². The Labute approximate surface area is 238 Å². The van der Waals surface area contributed by atoms with E-state index in [-0.39, 0.29) is 5.91 Å². The molecule has 1 aliphatic rings. The molecule has 10 nitrogen and oxygen atoms in total. The first-order valence-electron chi connectivity index (χ1n) is 13.3. The van der Waals surface area contributed by atoms with E-state index in [1.165, 1.54) is 11.9 Å². The first-order valence-corrected chi connectivity index (χ1v) is 13.3. The molecule has 41 heavy (non-hydrogen) atoms. The zero-order valence-electron chi connectivity index (χ0n) is 23.7. The molecule has 0 saturated heterocycles. The first kappa shape index (κ1) is 27.6. The molecule has 5 rings (SSSR count). The normalized spacial score (nSPS) is 14.1. The molecule has 0 bridgehead atoms. The molecule has 2 heterocycles. The molecule has 212 valence electrons. The fourth-order valence-electron chi connectivity index (χ4n) is 4.83. The summed E-state index contributed by atoms with van der Waals surface area (Å²) in [6.45, 7) is 6.66. The van der Waals surface area contributed by atoms with Gasteiger partial charge in [-0.15, -0.1) is 0 Å².